The molecular weight excluding hydrogens is 432 g/mol. The van der Waals surface area contributed by atoms with Crippen LogP contribution in [-0.2, 0) is 30.7 Å². The minimum Gasteiger partial charge on any atom is -0.449 e. The van der Waals surface area contributed by atoms with Gasteiger partial charge in [-0.3, -0.25) is 4.79 Å². The molecule has 9 heteroatoms. The van der Waals surface area contributed by atoms with Crippen molar-refractivity contribution < 1.29 is 27.5 Å². The SMILES string of the molecule is CC(OC(=O)c1ccc(S(=O)(=O)N2CCOCC2)cc1)C(=O)N1CCCc2ccccc21. The average Bonchev–Trinajstić information content (AvgIpc) is 2.83. The summed E-state index contributed by atoms with van der Waals surface area (Å²) in [5, 5.41) is 0. The van der Waals surface area contributed by atoms with Gasteiger partial charge in [0.2, 0.25) is 10.0 Å². The van der Waals surface area contributed by atoms with Gasteiger partial charge >= 0.3 is 5.97 Å². The van der Waals surface area contributed by atoms with Gasteiger partial charge in [0, 0.05) is 25.3 Å². The van der Waals surface area contributed by atoms with Crippen LogP contribution in [0.15, 0.2) is 53.4 Å². The molecule has 1 saturated heterocycles. The lowest BCUT2D eigenvalue weighted by Crippen LogP contribution is -2.42. The van der Waals surface area contributed by atoms with Crippen LogP contribution in [0, 0.1) is 0 Å². The van der Waals surface area contributed by atoms with E-state index in [1.165, 1.54) is 28.6 Å². The quantitative estimate of drug-likeness (QED) is 0.638. The van der Waals surface area contributed by atoms with Gasteiger partial charge in [-0.05, 0) is 55.7 Å². The molecule has 2 aliphatic heterocycles. The summed E-state index contributed by atoms with van der Waals surface area (Å²) in [5.41, 5.74) is 2.14. The molecule has 1 atom stereocenters. The first kappa shape index (κ1) is 22.4. The zero-order chi connectivity index (χ0) is 22.7. The van der Waals surface area contributed by atoms with Gasteiger partial charge < -0.3 is 14.4 Å². The van der Waals surface area contributed by atoms with E-state index in [1.54, 1.807) is 11.8 Å². The number of anilines is 1. The molecule has 32 heavy (non-hydrogen) atoms. The Morgan fingerprint density at radius 2 is 1.69 bits per heavy atom. The van der Waals surface area contributed by atoms with Gasteiger partial charge in [-0.15, -0.1) is 0 Å². The summed E-state index contributed by atoms with van der Waals surface area (Å²) in [7, 11) is -3.64. The molecule has 0 saturated carbocycles. The number of nitrogens with zero attached hydrogens (tertiary/aromatic N) is 2. The Morgan fingerprint density at radius 3 is 2.41 bits per heavy atom. The third-order valence-electron chi connectivity index (χ3n) is 5.71. The van der Waals surface area contributed by atoms with Crippen LogP contribution in [0.3, 0.4) is 0 Å². The summed E-state index contributed by atoms with van der Waals surface area (Å²) in [5.74, 6) is -0.955. The van der Waals surface area contributed by atoms with Crippen molar-refractivity contribution in [2.24, 2.45) is 0 Å². The molecule has 0 aliphatic carbocycles. The van der Waals surface area contributed by atoms with Crippen LogP contribution >= 0.6 is 0 Å². The Hall–Kier alpha value is -2.75. The van der Waals surface area contributed by atoms with Gasteiger partial charge in [0.05, 0.1) is 23.7 Å². The molecule has 2 heterocycles. The Morgan fingerprint density at radius 1 is 1.00 bits per heavy atom. The monoisotopic (exact) mass is 458 g/mol. The number of sulfonamides is 1. The summed E-state index contributed by atoms with van der Waals surface area (Å²) >= 11 is 0. The van der Waals surface area contributed by atoms with Crippen molar-refractivity contribution in [2.45, 2.75) is 30.8 Å². The van der Waals surface area contributed by atoms with E-state index in [0.29, 0.717) is 32.8 Å². The van der Waals surface area contributed by atoms with Crippen molar-refractivity contribution in [3.8, 4) is 0 Å². The molecule has 170 valence electrons. The van der Waals surface area contributed by atoms with Crippen molar-refractivity contribution in [3.63, 3.8) is 0 Å². The van der Waals surface area contributed by atoms with Crippen molar-refractivity contribution in [2.75, 3.05) is 37.7 Å². The summed E-state index contributed by atoms with van der Waals surface area (Å²) in [6.45, 7) is 3.44. The van der Waals surface area contributed by atoms with Crippen LogP contribution in [0.25, 0.3) is 0 Å². The lowest BCUT2D eigenvalue weighted by Gasteiger charge is -2.31. The van der Waals surface area contributed by atoms with Gasteiger partial charge in [0.15, 0.2) is 6.10 Å². The molecule has 2 aromatic rings. The first-order valence-electron chi connectivity index (χ1n) is 10.7. The van der Waals surface area contributed by atoms with Crippen LogP contribution in [0.2, 0.25) is 0 Å². The van der Waals surface area contributed by atoms with Gasteiger partial charge in [0.1, 0.15) is 0 Å². The molecule has 0 aromatic heterocycles. The number of amides is 1. The standard InChI is InChI=1S/C23H26N2O6S/c1-17(22(26)25-12-4-6-18-5-2-3-7-21(18)25)31-23(27)19-8-10-20(11-9-19)32(28,29)24-13-15-30-16-14-24/h2-3,5,7-11,17H,4,6,12-16H2,1H3. The number of aryl methyl sites for hydroxylation is 1. The molecule has 0 spiro atoms. The number of hydrogen-bond donors (Lipinski definition) is 0. The van der Waals surface area contributed by atoms with Gasteiger partial charge in [-0.25, -0.2) is 13.2 Å². The highest BCUT2D eigenvalue weighted by Gasteiger charge is 2.29. The van der Waals surface area contributed by atoms with Gasteiger partial charge in [-0.1, -0.05) is 18.2 Å². The highest BCUT2D eigenvalue weighted by molar-refractivity contribution is 7.89. The van der Waals surface area contributed by atoms with Crippen LogP contribution < -0.4 is 4.90 Å². The number of hydrogen-bond acceptors (Lipinski definition) is 6. The Kier molecular flexibility index (Phi) is 6.59. The maximum Gasteiger partial charge on any atom is 0.338 e. The second-order valence-electron chi connectivity index (χ2n) is 7.81. The highest BCUT2D eigenvalue weighted by atomic mass is 32.2. The Bertz CT molecular complexity index is 1090. The zero-order valence-corrected chi connectivity index (χ0v) is 18.7. The number of rotatable bonds is 5. The molecule has 1 amide bonds. The molecule has 0 N–H and O–H groups in total. The second-order valence-corrected chi connectivity index (χ2v) is 9.75. The van der Waals surface area contributed by atoms with Crippen LogP contribution in [-0.4, -0.2) is 63.6 Å². The van der Waals surface area contributed by atoms with Crippen molar-refractivity contribution in [1.29, 1.82) is 0 Å². The minimum atomic E-state index is -3.64. The Labute approximate surface area is 187 Å². The first-order chi connectivity index (χ1) is 15.4. The predicted molar refractivity (Wildman–Crippen MR) is 118 cm³/mol. The van der Waals surface area contributed by atoms with E-state index in [4.69, 9.17) is 9.47 Å². The number of benzene rings is 2. The lowest BCUT2D eigenvalue weighted by atomic mass is 10.0. The van der Waals surface area contributed by atoms with Crippen LogP contribution in [0.4, 0.5) is 5.69 Å². The van der Waals surface area contributed by atoms with E-state index < -0.39 is 22.1 Å². The van der Waals surface area contributed by atoms with E-state index in [-0.39, 0.29) is 16.4 Å². The largest absolute Gasteiger partial charge is 0.449 e. The third-order valence-corrected chi connectivity index (χ3v) is 7.62. The molecule has 0 radical (unpaired) electrons. The van der Waals surface area contributed by atoms with E-state index in [1.807, 2.05) is 24.3 Å². The fraction of sp³-hybridized carbons (Fsp3) is 0.391. The highest BCUT2D eigenvalue weighted by Crippen LogP contribution is 2.27. The molecule has 8 nitrogen and oxygen atoms in total. The molecule has 1 unspecified atom stereocenters. The van der Waals surface area contributed by atoms with Crippen LogP contribution in [0.5, 0.6) is 0 Å². The molecule has 2 aromatic carbocycles. The third kappa shape index (κ3) is 4.55. The fourth-order valence-electron chi connectivity index (χ4n) is 3.96. The minimum absolute atomic E-state index is 0.102. The van der Waals surface area contributed by atoms with E-state index in [0.717, 1.165) is 24.1 Å². The van der Waals surface area contributed by atoms with Crippen molar-refractivity contribution >= 4 is 27.6 Å². The maximum atomic E-state index is 12.9. The fourth-order valence-corrected chi connectivity index (χ4v) is 5.37. The first-order valence-corrected chi connectivity index (χ1v) is 12.1. The lowest BCUT2D eigenvalue weighted by molar-refractivity contribution is -0.126. The zero-order valence-electron chi connectivity index (χ0n) is 17.9. The molecule has 2 aliphatic rings. The van der Waals surface area contributed by atoms with Crippen molar-refractivity contribution in [3.05, 3.63) is 59.7 Å². The number of carbonyl (C=O) groups is 2. The van der Waals surface area contributed by atoms with E-state index >= 15 is 0 Å². The molecule has 4 rings (SSSR count). The summed E-state index contributed by atoms with van der Waals surface area (Å²) in [6.07, 6.45) is 0.793. The van der Waals surface area contributed by atoms with E-state index in [2.05, 4.69) is 0 Å². The summed E-state index contributed by atoms with van der Waals surface area (Å²) in [6, 6.07) is 13.3. The smallest absolute Gasteiger partial charge is 0.338 e. The topological polar surface area (TPSA) is 93.2 Å². The van der Waals surface area contributed by atoms with E-state index in [9.17, 15) is 18.0 Å². The number of ether oxygens (including phenoxy) is 2. The number of para-hydroxylation sites is 1. The number of esters is 1. The molecule has 0 bridgehead atoms. The summed E-state index contributed by atoms with van der Waals surface area (Å²) in [4.78, 5) is 27.3. The van der Waals surface area contributed by atoms with Gasteiger partial charge in [0.25, 0.3) is 5.91 Å². The molecule has 1 fully saturated rings. The van der Waals surface area contributed by atoms with Crippen molar-refractivity contribution in [1.82, 2.24) is 4.31 Å². The van der Waals surface area contributed by atoms with Crippen LogP contribution in [0.1, 0.15) is 29.3 Å². The number of morpholine rings is 1. The van der Waals surface area contributed by atoms with Gasteiger partial charge in [-0.2, -0.15) is 4.31 Å². The Balaban J connectivity index is 1.42. The normalized spacial score (nSPS) is 18.0. The predicted octanol–water partition coefficient (Wildman–Crippen LogP) is 2.23. The molecular formula is C23H26N2O6S. The average molecular weight is 459 g/mol. The summed E-state index contributed by atoms with van der Waals surface area (Å²) < 4.78 is 37.4. The number of carbonyl (C=O) groups excluding carboxylic acids is 2. The number of fused-ring (bicyclic) bond motifs is 1. The maximum absolute atomic E-state index is 12.9. The second kappa shape index (κ2) is 9.40.